The maximum atomic E-state index is 12.3. The molecule has 5 N–H and O–H groups in total. The minimum absolute atomic E-state index is 0.212. The molecule has 1 heterocycles. The molecule has 0 bridgehead atoms. The van der Waals surface area contributed by atoms with Gasteiger partial charge in [0, 0.05) is 15.7 Å². The number of nitrogens with one attached hydrogen (secondary N) is 3. The Morgan fingerprint density at radius 3 is 2.43 bits per heavy atom. The summed E-state index contributed by atoms with van der Waals surface area (Å²) in [6.45, 7) is 1.92. The van der Waals surface area contributed by atoms with Crippen LogP contribution in [0.25, 0.3) is 0 Å². The van der Waals surface area contributed by atoms with Crippen molar-refractivity contribution in [2.75, 3.05) is 16.5 Å². The highest BCUT2D eigenvalue weighted by atomic mass is 35.5. The molecule has 28 heavy (non-hydrogen) atoms. The topological polar surface area (TPSA) is 105 Å². The standard InChI is InChI=1S/C18H15Cl3N6O/c1-9-2-3-11(20)7-14(9)25-16-15(22)17(24-8-23-16)26-27-18(28)12-5-4-10(19)6-13(12)21/h2-8H,22H2,1H3,(H,27,28)(H2,23,24,25,26). The number of hydrogen-bond donors (Lipinski definition) is 4. The molecule has 0 unspecified atom stereocenters. The van der Waals surface area contributed by atoms with E-state index in [-0.39, 0.29) is 22.1 Å². The van der Waals surface area contributed by atoms with Gasteiger partial charge < -0.3 is 11.1 Å². The van der Waals surface area contributed by atoms with Crippen LogP contribution in [0.2, 0.25) is 15.1 Å². The monoisotopic (exact) mass is 436 g/mol. The number of hydrazine groups is 1. The van der Waals surface area contributed by atoms with Crippen molar-refractivity contribution in [1.29, 1.82) is 0 Å². The predicted molar refractivity (Wildman–Crippen MR) is 113 cm³/mol. The number of carbonyl (C=O) groups is 1. The van der Waals surface area contributed by atoms with Gasteiger partial charge in [0.05, 0.1) is 10.6 Å². The average Bonchev–Trinajstić information content (AvgIpc) is 2.65. The highest BCUT2D eigenvalue weighted by molar-refractivity contribution is 6.36. The van der Waals surface area contributed by atoms with Crippen molar-refractivity contribution in [3.8, 4) is 0 Å². The van der Waals surface area contributed by atoms with Gasteiger partial charge >= 0.3 is 0 Å². The molecule has 1 aromatic heterocycles. The number of rotatable bonds is 5. The normalized spacial score (nSPS) is 10.4. The molecule has 0 aliphatic rings. The van der Waals surface area contributed by atoms with Gasteiger partial charge in [0.1, 0.15) is 12.0 Å². The molecular formula is C18H15Cl3N6O. The molecule has 0 saturated heterocycles. The Bertz CT molecular complexity index is 1040. The molecule has 3 aromatic rings. The molecule has 0 aliphatic heterocycles. The summed E-state index contributed by atoms with van der Waals surface area (Å²) < 4.78 is 0. The molecule has 144 valence electrons. The number of carbonyl (C=O) groups excluding carboxylic acids is 1. The highest BCUT2D eigenvalue weighted by Crippen LogP contribution is 2.28. The van der Waals surface area contributed by atoms with Crippen LogP contribution < -0.4 is 21.9 Å². The summed E-state index contributed by atoms with van der Waals surface area (Å²) in [5.41, 5.74) is 13.5. The van der Waals surface area contributed by atoms with Crippen molar-refractivity contribution in [3.63, 3.8) is 0 Å². The van der Waals surface area contributed by atoms with E-state index in [1.54, 1.807) is 18.2 Å². The van der Waals surface area contributed by atoms with Gasteiger partial charge in [0.25, 0.3) is 5.91 Å². The quantitative estimate of drug-likeness (QED) is 0.426. The molecule has 2 aromatic carbocycles. The number of anilines is 4. The van der Waals surface area contributed by atoms with Gasteiger partial charge in [-0.1, -0.05) is 40.9 Å². The summed E-state index contributed by atoms with van der Waals surface area (Å²) in [7, 11) is 0. The Morgan fingerprint density at radius 1 is 1.00 bits per heavy atom. The third-order valence-corrected chi connectivity index (χ3v) is 4.59. The number of benzene rings is 2. The number of aromatic nitrogens is 2. The summed E-state index contributed by atoms with van der Waals surface area (Å²) in [6.07, 6.45) is 1.31. The fourth-order valence-corrected chi connectivity index (χ4v) is 2.97. The number of nitrogen functional groups attached to an aromatic ring is 1. The van der Waals surface area contributed by atoms with Gasteiger partial charge in [0.2, 0.25) is 0 Å². The minimum atomic E-state index is -0.472. The molecule has 3 rings (SSSR count). The number of halogens is 3. The Labute approximate surface area is 176 Å². The summed E-state index contributed by atoms with van der Waals surface area (Å²) in [4.78, 5) is 20.5. The van der Waals surface area contributed by atoms with E-state index in [1.165, 1.54) is 18.5 Å². The third-order valence-electron chi connectivity index (χ3n) is 3.81. The molecule has 0 radical (unpaired) electrons. The van der Waals surface area contributed by atoms with Crippen LogP contribution >= 0.6 is 34.8 Å². The van der Waals surface area contributed by atoms with Crippen molar-refractivity contribution in [2.24, 2.45) is 0 Å². The third kappa shape index (κ3) is 4.56. The lowest BCUT2D eigenvalue weighted by Crippen LogP contribution is -2.30. The number of nitrogens with two attached hydrogens (primary N) is 1. The molecule has 1 amide bonds. The van der Waals surface area contributed by atoms with Gasteiger partial charge in [-0.05, 0) is 42.8 Å². The predicted octanol–water partition coefficient (Wildman–Crippen LogP) is 4.83. The van der Waals surface area contributed by atoms with Gasteiger partial charge in [-0.15, -0.1) is 0 Å². The highest BCUT2D eigenvalue weighted by Gasteiger charge is 2.13. The number of amides is 1. The van der Waals surface area contributed by atoms with E-state index in [0.717, 1.165) is 11.3 Å². The smallest absolute Gasteiger partial charge is 0.271 e. The zero-order valence-electron chi connectivity index (χ0n) is 14.6. The second-order valence-corrected chi connectivity index (χ2v) is 7.05. The van der Waals surface area contributed by atoms with Crippen LogP contribution in [-0.2, 0) is 0 Å². The Hall–Kier alpha value is -2.74. The first-order valence-corrected chi connectivity index (χ1v) is 9.13. The maximum Gasteiger partial charge on any atom is 0.271 e. The summed E-state index contributed by atoms with van der Waals surface area (Å²) in [5, 5.41) is 4.34. The van der Waals surface area contributed by atoms with E-state index in [4.69, 9.17) is 40.5 Å². The number of hydrogen-bond acceptors (Lipinski definition) is 6. The Kier molecular flexibility index (Phi) is 6.08. The minimum Gasteiger partial charge on any atom is -0.393 e. The molecular weight excluding hydrogens is 423 g/mol. The number of aryl methyl sites for hydroxylation is 1. The van der Waals surface area contributed by atoms with Crippen molar-refractivity contribution in [1.82, 2.24) is 15.4 Å². The average molecular weight is 438 g/mol. The lowest BCUT2D eigenvalue weighted by Gasteiger charge is -2.14. The summed E-state index contributed by atoms with van der Waals surface area (Å²) >= 11 is 17.9. The van der Waals surface area contributed by atoms with E-state index in [9.17, 15) is 4.79 Å². The van der Waals surface area contributed by atoms with E-state index in [0.29, 0.717) is 15.9 Å². The fraction of sp³-hybridized carbons (Fsp3) is 0.0556. The van der Waals surface area contributed by atoms with Crippen LogP contribution in [0.3, 0.4) is 0 Å². The molecule has 0 spiro atoms. The fourth-order valence-electron chi connectivity index (χ4n) is 2.31. The SMILES string of the molecule is Cc1ccc(Cl)cc1Nc1ncnc(NNC(=O)c2ccc(Cl)cc2Cl)c1N. The zero-order valence-corrected chi connectivity index (χ0v) is 16.8. The van der Waals surface area contributed by atoms with E-state index < -0.39 is 5.91 Å². The van der Waals surface area contributed by atoms with Crippen LogP contribution in [0.15, 0.2) is 42.7 Å². The van der Waals surface area contributed by atoms with Crippen molar-refractivity contribution < 1.29 is 4.79 Å². The first-order chi connectivity index (χ1) is 13.3. The van der Waals surface area contributed by atoms with Crippen LogP contribution in [0.4, 0.5) is 23.0 Å². The number of nitrogens with zero attached hydrogens (tertiary/aromatic N) is 2. The summed E-state index contributed by atoms with van der Waals surface area (Å²) in [6, 6.07) is 9.98. The van der Waals surface area contributed by atoms with Gasteiger partial charge in [0.15, 0.2) is 11.6 Å². The Morgan fingerprint density at radius 2 is 1.68 bits per heavy atom. The Balaban J connectivity index is 1.76. The van der Waals surface area contributed by atoms with Crippen LogP contribution in [0.1, 0.15) is 15.9 Å². The van der Waals surface area contributed by atoms with Gasteiger partial charge in [-0.2, -0.15) is 0 Å². The first kappa shape index (κ1) is 20.0. The van der Waals surface area contributed by atoms with Gasteiger partial charge in [-0.25, -0.2) is 9.97 Å². The molecule has 0 atom stereocenters. The zero-order chi connectivity index (χ0) is 20.3. The lowest BCUT2D eigenvalue weighted by molar-refractivity contribution is 0.0962. The van der Waals surface area contributed by atoms with Gasteiger partial charge in [-0.3, -0.25) is 15.6 Å². The first-order valence-electron chi connectivity index (χ1n) is 8.00. The van der Waals surface area contributed by atoms with Crippen LogP contribution in [0.5, 0.6) is 0 Å². The van der Waals surface area contributed by atoms with Crippen molar-refractivity contribution >= 4 is 63.7 Å². The van der Waals surface area contributed by atoms with E-state index in [1.807, 2.05) is 13.0 Å². The molecule has 0 fully saturated rings. The van der Waals surface area contributed by atoms with E-state index in [2.05, 4.69) is 26.1 Å². The molecule has 7 nitrogen and oxygen atoms in total. The maximum absolute atomic E-state index is 12.3. The molecule has 0 aliphatic carbocycles. The van der Waals surface area contributed by atoms with Crippen molar-refractivity contribution in [2.45, 2.75) is 6.92 Å². The lowest BCUT2D eigenvalue weighted by atomic mass is 10.2. The molecule has 0 saturated carbocycles. The van der Waals surface area contributed by atoms with Crippen LogP contribution in [-0.4, -0.2) is 15.9 Å². The second-order valence-electron chi connectivity index (χ2n) is 5.77. The van der Waals surface area contributed by atoms with Crippen molar-refractivity contribution in [3.05, 3.63) is 68.9 Å². The summed E-state index contributed by atoms with van der Waals surface area (Å²) in [5.74, 6) is 0.108. The van der Waals surface area contributed by atoms with Crippen LogP contribution in [0, 0.1) is 6.92 Å². The largest absolute Gasteiger partial charge is 0.393 e. The van der Waals surface area contributed by atoms with E-state index >= 15 is 0 Å². The molecule has 10 heteroatoms. The second kappa shape index (κ2) is 8.52.